The molecule has 0 atom stereocenters. The van der Waals surface area contributed by atoms with E-state index in [1.165, 1.54) is 192 Å². The van der Waals surface area contributed by atoms with Gasteiger partial charge in [-0.1, -0.05) is 253 Å². The second-order valence-electron chi connectivity index (χ2n) is 29.0. The van der Waals surface area contributed by atoms with Gasteiger partial charge >= 0.3 is 0 Å². The fourth-order valence-corrected chi connectivity index (χ4v) is 23.6. The van der Waals surface area contributed by atoms with Crippen molar-refractivity contribution in [1.82, 2.24) is 30.7 Å². The van der Waals surface area contributed by atoms with Gasteiger partial charge in [0, 0.05) is 79.9 Å². The first-order valence-corrected chi connectivity index (χ1v) is 44.5. The summed E-state index contributed by atoms with van der Waals surface area (Å²) in [5.41, 5.74) is 8.86. The molecule has 0 heterocycles. The van der Waals surface area contributed by atoms with E-state index < -0.39 is 32.2 Å². The van der Waals surface area contributed by atoms with E-state index in [4.69, 9.17) is 0 Å². The number of benzene rings is 6. The van der Waals surface area contributed by atoms with Gasteiger partial charge in [-0.25, -0.2) is 15.2 Å². The van der Waals surface area contributed by atoms with Crippen molar-refractivity contribution in [3.05, 3.63) is 215 Å². The highest BCUT2D eigenvalue weighted by atomic mass is 31.2. The zero-order valence-electron chi connectivity index (χ0n) is 62.7. The molecule has 5 amide bonds. The summed E-state index contributed by atoms with van der Waals surface area (Å²) in [6, 6.07) is 67.4. The third kappa shape index (κ3) is 38.3. The maximum absolute atomic E-state index is 12.9. The van der Waals surface area contributed by atoms with Gasteiger partial charge in [0.05, 0.1) is 49.3 Å². The Morgan fingerprint density at radius 1 is 0.282 bits per heavy atom. The number of hydrogen-bond acceptors (Lipinski definition) is 9. The average molecular weight is 1450 g/mol. The molecule has 6 aromatic rings. The summed E-state index contributed by atoms with van der Waals surface area (Å²) in [5, 5.41) is 37.9. The maximum atomic E-state index is 12.9. The van der Waals surface area contributed by atoms with E-state index in [0.717, 1.165) is 37.5 Å². The fourth-order valence-electron chi connectivity index (χ4n) is 14.3. The molecule has 0 aliphatic heterocycles. The van der Waals surface area contributed by atoms with Crippen LogP contribution in [-0.4, -0.2) is 130 Å². The Morgan fingerprint density at radius 3 is 0.777 bits per heavy atom. The Hall–Kier alpha value is -6.63. The number of rotatable bonds is 58. The average Bonchev–Trinajstić information content (AvgIpc) is 0.824. The van der Waals surface area contributed by atoms with Crippen molar-refractivity contribution in [2.24, 2.45) is 0 Å². The molecule has 16 heteroatoms. The third-order valence-corrected chi connectivity index (χ3v) is 28.8. The second-order valence-corrected chi connectivity index (χ2v) is 37.2. The summed E-state index contributed by atoms with van der Waals surface area (Å²) in [7, 11) is -2.80. The van der Waals surface area contributed by atoms with Gasteiger partial charge < -0.3 is 15.5 Å². The normalized spacial score (nSPS) is 11.6. The molecule has 0 radical (unpaired) electrons. The SMILES string of the molecule is CC(=O)N(O)CCCCCNC(=O)CCC(=O)N(O)CCCCCNC(=O)CCC(=O)N(O)CCCCCN(CCCCCCCCCC[P+](Cc1ccccc1)(Cc1ccccc1)Cc1ccccc1)CCCCCCCCCC[P+](Cc1ccccc1)(Cc1ccccc1)Cc1ccccc1. The minimum Gasteiger partial charge on any atom is -0.356 e. The summed E-state index contributed by atoms with van der Waals surface area (Å²) in [4.78, 5) is 63.8. The Kier molecular flexibility index (Phi) is 43.4. The van der Waals surface area contributed by atoms with E-state index >= 15 is 0 Å². The molecule has 0 saturated carbocycles. The molecule has 6 aromatic carbocycles. The van der Waals surface area contributed by atoms with E-state index in [-0.39, 0.29) is 57.1 Å². The molecule has 6 rings (SSSR count). The zero-order chi connectivity index (χ0) is 73.1. The van der Waals surface area contributed by atoms with Crippen LogP contribution in [-0.2, 0) is 60.9 Å². The van der Waals surface area contributed by atoms with Crippen molar-refractivity contribution in [2.75, 3.05) is 64.7 Å². The van der Waals surface area contributed by atoms with Crippen molar-refractivity contribution in [3.63, 3.8) is 0 Å². The molecule has 0 unspecified atom stereocenters. The quantitative estimate of drug-likeness (QED) is 0.0107. The lowest BCUT2D eigenvalue weighted by Gasteiger charge is -2.29. The topological polar surface area (TPSA) is 183 Å². The first kappa shape index (κ1) is 85.3. The summed E-state index contributed by atoms with van der Waals surface area (Å²) in [6.45, 7) is 5.90. The lowest BCUT2D eigenvalue weighted by atomic mass is 10.1. The van der Waals surface area contributed by atoms with Crippen LogP contribution in [0.2, 0.25) is 0 Å². The molecule has 103 heavy (non-hydrogen) atoms. The van der Waals surface area contributed by atoms with Gasteiger partial charge in [-0.15, -0.1) is 0 Å². The highest BCUT2D eigenvalue weighted by Crippen LogP contribution is 2.68. The van der Waals surface area contributed by atoms with Gasteiger partial charge in [-0.05, 0) is 143 Å². The van der Waals surface area contributed by atoms with Crippen LogP contribution in [0.25, 0.3) is 0 Å². The van der Waals surface area contributed by atoms with Crippen LogP contribution in [0, 0.1) is 0 Å². The largest absolute Gasteiger partial charge is 0.356 e. The van der Waals surface area contributed by atoms with Crippen molar-refractivity contribution in [1.29, 1.82) is 0 Å². The lowest BCUT2D eigenvalue weighted by Crippen LogP contribution is -2.31. The minimum atomic E-state index is -1.40. The first-order valence-electron chi connectivity index (χ1n) is 39.4. The van der Waals surface area contributed by atoms with Gasteiger partial charge in [0.15, 0.2) is 0 Å². The van der Waals surface area contributed by atoms with Gasteiger partial charge in [-0.2, -0.15) is 0 Å². The van der Waals surface area contributed by atoms with Crippen molar-refractivity contribution in [2.45, 2.75) is 230 Å². The Labute approximate surface area is 621 Å². The van der Waals surface area contributed by atoms with E-state index in [0.29, 0.717) is 68.2 Å². The number of hydrogen-bond donors (Lipinski definition) is 5. The van der Waals surface area contributed by atoms with Gasteiger partial charge in [-0.3, -0.25) is 39.6 Å². The van der Waals surface area contributed by atoms with Crippen LogP contribution in [0.3, 0.4) is 0 Å². The molecule has 562 valence electrons. The first-order chi connectivity index (χ1) is 50.3. The van der Waals surface area contributed by atoms with Crippen molar-refractivity contribution < 1.29 is 39.6 Å². The molecule has 0 spiro atoms. The maximum Gasteiger partial charge on any atom is 0.246 e. The molecule has 0 bridgehead atoms. The predicted molar refractivity (Wildman–Crippen MR) is 427 cm³/mol. The molecular weight excluding hydrogens is 1320 g/mol. The summed E-state index contributed by atoms with van der Waals surface area (Å²) in [5.74, 6) is -1.98. The number of unbranched alkanes of at least 4 members (excludes halogenated alkanes) is 20. The third-order valence-electron chi connectivity index (χ3n) is 20.0. The van der Waals surface area contributed by atoms with Crippen LogP contribution >= 0.6 is 14.5 Å². The van der Waals surface area contributed by atoms with E-state index in [1.54, 1.807) is 0 Å². The number of nitrogens with one attached hydrogen (secondary N) is 2. The molecule has 0 aromatic heterocycles. The highest BCUT2D eigenvalue weighted by molar-refractivity contribution is 7.74. The number of nitrogens with zero attached hydrogens (tertiary/aromatic N) is 4. The molecule has 0 saturated heterocycles. The summed E-state index contributed by atoms with van der Waals surface area (Å²) in [6.07, 6.45) is 36.3. The standard InChI is InChI=1S/C87H126N6O8P2/c1-77(94)91(99)66-40-20-35-61-88-84(95)57-59-86(97)92(100)67-41-21-36-62-89-85(96)58-60-87(98)93(101)68-42-22-39-65-90(63-37-10-6-2-4-8-12-43-69-102(71-78-45-23-14-24-46-78,72-79-47-25-15-26-48-79)73-80-49-27-16-28-50-80)64-38-11-7-3-5-9-13-44-70-103(74-81-51-29-17-30-52-81,75-82-53-31-18-32-54-82)76-83-55-33-19-34-56-83/h14-19,23-34,45-56,99-101H,2-13,20-22,35-44,57-76H2,1H3/p+2. The molecule has 14 nitrogen and oxygen atoms in total. The summed E-state index contributed by atoms with van der Waals surface area (Å²) < 4.78 is 0. The highest BCUT2D eigenvalue weighted by Gasteiger charge is 2.39. The molecular formula is C87H128N6O8P2+2. The van der Waals surface area contributed by atoms with Crippen LogP contribution in [0.15, 0.2) is 182 Å². The molecule has 0 fully saturated rings. The van der Waals surface area contributed by atoms with Crippen LogP contribution in [0.1, 0.15) is 227 Å². The number of hydroxylamine groups is 6. The fraction of sp³-hybridized carbons (Fsp3) is 0.529. The lowest BCUT2D eigenvalue weighted by molar-refractivity contribution is -0.166. The monoisotopic (exact) mass is 1450 g/mol. The van der Waals surface area contributed by atoms with Crippen LogP contribution in [0.5, 0.6) is 0 Å². The van der Waals surface area contributed by atoms with E-state index in [1.807, 2.05) is 0 Å². The van der Waals surface area contributed by atoms with Crippen molar-refractivity contribution in [3.8, 4) is 0 Å². The van der Waals surface area contributed by atoms with Crippen LogP contribution < -0.4 is 10.6 Å². The Morgan fingerprint density at radius 2 is 0.505 bits per heavy atom. The second kappa shape index (κ2) is 52.4. The smallest absolute Gasteiger partial charge is 0.246 e. The number of carbonyl (C=O) groups excluding carboxylic acids is 5. The van der Waals surface area contributed by atoms with E-state index in [2.05, 4.69) is 198 Å². The minimum absolute atomic E-state index is 0.0223. The zero-order valence-corrected chi connectivity index (χ0v) is 64.5. The summed E-state index contributed by atoms with van der Waals surface area (Å²) >= 11 is 0. The van der Waals surface area contributed by atoms with Crippen molar-refractivity contribution >= 4 is 44.1 Å². The molecule has 0 aliphatic carbocycles. The Bertz CT molecular complexity index is 2840. The molecule has 0 aliphatic rings. The van der Waals surface area contributed by atoms with Gasteiger partial charge in [0.2, 0.25) is 29.5 Å². The van der Waals surface area contributed by atoms with E-state index in [9.17, 15) is 39.6 Å². The van der Waals surface area contributed by atoms with Crippen LogP contribution in [0.4, 0.5) is 0 Å². The number of carbonyl (C=O) groups is 5. The van der Waals surface area contributed by atoms with Gasteiger partial charge in [0.25, 0.3) is 0 Å². The van der Waals surface area contributed by atoms with Gasteiger partial charge in [0.1, 0.15) is 0 Å². The predicted octanol–water partition coefficient (Wildman–Crippen LogP) is 19.7. The Balaban J connectivity index is 0.875. The molecule has 5 N–H and O–H groups in total. The number of amides is 5.